The average Bonchev–Trinajstić information content (AvgIpc) is 2.99. The smallest absolute Gasteiger partial charge is 0.282 e. The van der Waals surface area contributed by atoms with Crippen LogP contribution in [0.1, 0.15) is 5.56 Å². The van der Waals surface area contributed by atoms with Gasteiger partial charge in [-0.15, -0.1) is 0 Å². The largest absolute Gasteiger partial charge is 0.495 e. The number of nitrogens with one attached hydrogen (secondary N) is 1. The second-order valence-electron chi connectivity index (χ2n) is 6.37. The Morgan fingerprint density at radius 3 is 2.17 bits per heavy atom. The number of benzene rings is 3. The van der Waals surface area contributed by atoms with Gasteiger partial charge in [0.25, 0.3) is 11.8 Å². The van der Waals surface area contributed by atoms with Gasteiger partial charge in [-0.05, 0) is 35.9 Å². The van der Waals surface area contributed by atoms with E-state index in [1.165, 1.54) is 7.11 Å². The SMILES string of the molecule is COc1ccc(Cl)cc1N1C(=O)C(Nc2ccccc2)=C(c2ccccc2)C1=O. The lowest BCUT2D eigenvalue weighted by atomic mass is 10.0. The first kappa shape index (κ1) is 18.8. The molecule has 1 heterocycles. The molecule has 0 saturated heterocycles. The number of anilines is 2. The van der Waals surface area contributed by atoms with Crippen LogP contribution in [-0.2, 0) is 9.59 Å². The molecule has 4 rings (SSSR count). The predicted molar refractivity (Wildman–Crippen MR) is 114 cm³/mol. The van der Waals surface area contributed by atoms with Crippen LogP contribution in [0.15, 0.2) is 84.6 Å². The molecule has 0 atom stereocenters. The van der Waals surface area contributed by atoms with Crippen molar-refractivity contribution in [3.63, 3.8) is 0 Å². The number of carbonyl (C=O) groups is 2. The highest BCUT2D eigenvalue weighted by atomic mass is 35.5. The molecule has 0 aromatic heterocycles. The molecule has 1 aliphatic heterocycles. The summed E-state index contributed by atoms with van der Waals surface area (Å²) < 4.78 is 5.36. The van der Waals surface area contributed by atoms with Crippen LogP contribution in [0.4, 0.5) is 11.4 Å². The predicted octanol–water partition coefficient (Wildman–Crippen LogP) is 4.75. The molecule has 2 amide bonds. The summed E-state index contributed by atoms with van der Waals surface area (Å²) in [6, 6.07) is 23.1. The summed E-state index contributed by atoms with van der Waals surface area (Å²) in [4.78, 5) is 27.9. The van der Waals surface area contributed by atoms with Gasteiger partial charge in [-0.1, -0.05) is 60.1 Å². The van der Waals surface area contributed by atoms with Gasteiger partial charge in [0.05, 0.1) is 18.4 Å². The van der Waals surface area contributed by atoms with E-state index in [1.807, 2.05) is 48.5 Å². The van der Waals surface area contributed by atoms with E-state index in [9.17, 15) is 9.59 Å². The van der Waals surface area contributed by atoms with Crippen molar-refractivity contribution in [2.75, 3.05) is 17.3 Å². The second-order valence-corrected chi connectivity index (χ2v) is 6.81. The van der Waals surface area contributed by atoms with Crippen molar-refractivity contribution in [3.05, 3.63) is 95.1 Å². The van der Waals surface area contributed by atoms with Gasteiger partial charge in [0.1, 0.15) is 11.4 Å². The average molecular weight is 405 g/mol. The van der Waals surface area contributed by atoms with E-state index in [0.717, 1.165) is 4.90 Å². The van der Waals surface area contributed by atoms with E-state index in [-0.39, 0.29) is 5.70 Å². The fraction of sp³-hybridized carbons (Fsp3) is 0.0435. The molecule has 0 bridgehead atoms. The molecule has 5 nitrogen and oxygen atoms in total. The number of amides is 2. The maximum atomic E-state index is 13.4. The Balaban J connectivity index is 1.85. The molecule has 29 heavy (non-hydrogen) atoms. The molecule has 3 aromatic carbocycles. The van der Waals surface area contributed by atoms with Gasteiger partial charge in [0, 0.05) is 10.7 Å². The molecule has 0 spiro atoms. The van der Waals surface area contributed by atoms with E-state index in [4.69, 9.17) is 16.3 Å². The molecule has 3 aromatic rings. The van der Waals surface area contributed by atoms with Gasteiger partial charge in [-0.2, -0.15) is 0 Å². The Morgan fingerprint density at radius 2 is 1.52 bits per heavy atom. The number of methoxy groups -OCH3 is 1. The highest BCUT2D eigenvalue weighted by Crippen LogP contribution is 2.39. The van der Waals surface area contributed by atoms with Crippen molar-refractivity contribution in [3.8, 4) is 5.75 Å². The van der Waals surface area contributed by atoms with Crippen LogP contribution in [0.2, 0.25) is 5.02 Å². The summed E-state index contributed by atoms with van der Waals surface area (Å²) in [5, 5.41) is 3.51. The van der Waals surface area contributed by atoms with Crippen LogP contribution in [-0.4, -0.2) is 18.9 Å². The summed E-state index contributed by atoms with van der Waals surface area (Å²) in [5.41, 5.74) is 2.15. The zero-order valence-electron chi connectivity index (χ0n) is 15.6. The van der Waals surface area contributed by atoms with Crippen LogP contribution in [0.3, 0.4) is 0 Å². The van der Waals surface area contributed by atoms with Crippen LogP contribution in [0.5, 0.6) is 5.75 Å². The number of nitrogens with zero attached hydrogens (tertiary/aromatic N) is 1. The van der Waals surface area contributed by atoms with E-state index in [0.29, 0.717) is 33.3 Å². The van der Waals surface area contributed by atoms with Crippen LogP contribution in [0.25, 0.3) is 5.57 Å². The van der Waals surface area contributed by atoms with Crippen molar-refractivity contribution in [1.29, 1.82) is 0 Å². The Labute approximate surface area is 173 Å². The number of rotatable bonds is 5. The monoisotopic (exact) mass is 404 g/mol. The van der Waals surface area contributed by atoms with Gasteiger partial charge >= 0.3 is 0 Å². The highest BCUT2D eigenvalue weighted by molar-refractivity contribution is 6.46. The van der Waals surface area contributed by atoms with E-state index in [2.05, 4.69) is 5.32 Å². The molecule has 0 radical (unpaired) electrons. The maximum Gasteiger partial charge on any atom is 0.282 e. The molecule has 144 valence electrons. The van der Waals surface area contributed by atoms with Gasteiger partial charge in [0.15, 0.2) is 0 Å². The van der Waals surface area contributed by atoms with E-state index in [1.54, 1.807) is 30.3 Å². The molecule has 6 heteroatoms. The molecular formula is C23H17ClN2O3. The minimum atomic E-state index is -0.474. The molecular weight excluding hydrogens is 388 g/mol. The fourth-order valence-corrected chi connectivity index (χ4v) is 3.41. The number of para-hydroxylation sites is 1. The van der Waals surface area contributed by atoms with Crippen LogP contribution >= 0.6 is 11.6 Å². The molecule has 0 aliphatic carbocycles. The minimum Gasteiger partial charge on any atom is -0.495 e. The molecule has 0 saturated carbocycles. The standard InChI is InChI=1S/C23H17ClN2O3/c1-29-19-13-12-16(24)14-18(19)26-22(27)20(15-8-4-2-5-9-15)21(23(26)28)25-17-10-6-3-7-11-17/h2-14,25H,1H3. The number of imide groups is 1. The summed E-state index contributed by atoms with van der Waals surface area (Å²) >= 11 is 6.13. The number of ether oxygens (including phenoxy) is 1. The third-order valence-electron chi connectivity index (χ3n) is 4.57. The molecule has 0 unspecified atom stereocenters. The minimum absolute atomic E-state index is 0.203. The second kappa shape index (κ2) is 7.81. The fourth-order valence-electron chi connectivity index (χ4n) is 3.24. The Morgan fingerprint density at radius 1 is 0.862 bits per heavy atom. The highest BCUT2D eigenvalue weighted by Gasteiger charge is 2.41. The Kier molecular flexibility index (Phi) is 5.06. The normalized spacial score (nSPS) is 13.8. The summed E-state index contributed by atoms with van der Waals surface area (Å²) in [6.45, 7) is 0. The number of halogens is 1. The topological polar surface area (TPSA) is 58.6 Å². The van der Waals surface area contributed by atoms with Crippen molar-refractivity contribution >= 4 is 40.4 Å². The van der Waals surface area contributed by atoms with E-state index < -0.39 is 11.8 Å². The quantitative estimate of drug-likeness (QED) is 0.624. The van der Waals surface area contributed by atoms with Crippen LogP contribution < -0.4 is 15.0 Å². The molecule has 1 N–H and O–H groups in total. The summed E-state index contributed by atoms with van der Waals surface area (Å²) in [6.07, 6.45) is 0. The zero-order chi connectivity index (χ0) is 20.4. The Bertz CT molecular complexity index is 1110. The third-order valence-corrected chi connectivity index (χ3v) is 4.81. The molecule has 1 aliphatic rings. The lowest BCUT2D eigenvalue weighted by Crippen LogP contribution is -2.32. The van der Waals surface area contributed by atoms with Crippen molar-refractivity contribution in [1.82, 2.24) is 0 Å². The maximum absolute atomic E-state index is 13.4. The lowest BCUT2D eigenvalue weighted by Gasteiger charge is -2.18. The summed E-state index contributed by atoms with van der Waals surface area (Å²) in [5.74, 6) is -0.539. The first-order valence-corrected chi connectivity index (χ1v) is 9.32. The first-order chi connectivity index (χ1) is 14.1. The zero-order valence-corrected chi connectivity index (χ0v) is 16.3. The lowest BCUT2D eigenvalue weighted by molar-refractivity contribution is -0.120. The van der Waals surface area contributed by atoms with Crippen molar-refractivity contribution < 1.29 is 14.3 Å². The van der Waals surface area contributed by atoms with Crippen LogP contribution in [0, 0.1) is 0 Å². The van der Waals surface area contributed by atoms with Gasteiger partial charge < -0.3 is 10.1 Å². The van der Waals surface area contributed by atoms with E-state index >= 15 is 0 Å². The Hall–Kier alpha value is -3.57. The number of hydrogen-bond acceptors (Lipinski definition) is 4. The van der Waals surface area contributed by atoms with Gasteiger partial charge in [-0.25, -0.2) is 4.90 Å². The first-order valence-electron chi connectivity index (χ1n) is 8.94. The van der Waals surface area contributed by atoms with Gasteiger partial charge in [0.2, 0.25) is 0 Å². The molecule has 0 fully saturated rings. The number of hydrogen-bond donors (Lipinski definition) is 1. The third kappa shape index (κ3) is 3.48. The van der Waals surface area contributed by atoms with Crippen molar-refractivity contribution in [2.24, 2.45) is 0 Å². The summed E-state index contributed by atoms with van der Waals surface area (Å²) in [7, 11) is 1.48. The van der Waals surface area contributed by atoms with Crippen molar-refractivity contribution in [2.45, 2.75) is 0 Å². The van der Waals surface area contributed by atoms with Gasteiger partial charge in [-0.3, -0.25) is 9.59 Å². The number of carbonyl (C=O) groups excluding carboxylic acids is 2.